The number of methoxy groups -OCH3 is 1. The Bertz CT molecular complexity index is 1170. The van der Waals surface area contributed by atoms with Crippen LogP contribution in [0.5, 0.6) is 5.75 Å². The first-order valence-corrected chi connectivity index (χ1v) is 11.5. The first kappa shape index (κ1) is 23.0. The van der Waals surface area contributed by atoms with Crippen LogP contribution in [0.25, 0.3) is 0 Å². The Morgan fingerprint density at radius 3 is 2.42 bits per heavy atom. The van der Waals surface area contributed by atoms with Crippen LogP contribution in [0.2, 0.25) is 0 Å². The lowest BCUT2D eigenvalue weighted by Gasteiger charge is -2.41. The van der Waals surface area contributed by atoms with Gasteiger partial charge in [-0.15, -0.1) is 0 Å². The second kappa shape index (κ2) is 9.75. The Kier molecular flexibility index (Phi) is 6.79. The molecule has 1 fully saturated rings. The van der Waals surface area contributed by atoms with E-state index in [1.807, 2.05) is 25.1 Å². The lowest BCUT2D eigenvalue weighted by Crippen LogP contribution is -2.47. The monoisotopic (exact) mass is 510 g/mol. The lowest BCUT2D eigenvalue weighted by atomic mass is 9.83. The average Bonchev–Trinajstić information content (AvgIpc) is 2.81. The van der Waals surface area contributed by atoms with Crippen LogP contribution in [0.4, 0.5) is 15.8 Å². The van der Waals surface area contributed by atoms with E-state index < -0.39 is 12.0 Å². The second-order valence-corrected chi connectivity index (χ2v) is 8.93. The van der Waals surface area contributed by atoms with Crippen LogP contribution in [0.15, 0.2) is 71.2 Å². The van der Waals surface area contributed by atoms with Crippen LogP contribution in [0.1, 0.15) is 30.0 Å². The van der Waals surface area contributed by atoms with Crippen molar-refractivity contribution in [2.75, 3.05) is 17.3 Å². The van der Waals surface area contributed by atoms with E-state index in [0.717, 1.165) is 10.0 Å². The standard InChI is InChI=1S/C26H24BrFN2O3/c1-16-3-13-23(22(27)15-16)29-26(32)21-12-14-24(31)30(19-8-10-20(33-2)11-9-19)25(21)17-4-6-18(28)7-5-17/h3-11,13,15,21,25H,12,14H2,1-2H3,(H,29,32)/t21-,25+/m1/s1. The van der Waals surface area contributed by atoms with Gasteiger partial charge in [0.25, 0.3) is 0 Å². The van der Waals surface area contributed by atoms with Gasteiger partial charge in [0.2, 0.25) is 11.8 Å². The molecule has 0 aromatic heterocycles. The van der Waals surface area contributed by atoms with Gasteiger partial charge < -0.3 is 15.0 Å². The van der Waals surface area contributed by atoms with Crippen molar-refractivity contribution in [1.29, 1.82) is 0 Å². The SMILES string of the molecule is COc1ccc(N2C(=O)CC[C@@H](C(=O)Nc3ccc(C)cc3Br)[C@@H]2c2ccc(F)cc2)cc1. The molecular weight excluding hydrogens is 487 g/mol. The number of hydrogen-bond donors (Lipinski definition) is 1. The van der Waals surface area contributed by atoms with E-state index in [0.29, 0.717) is 29.1 Å². The molecule has 0 aliphatic carbocycles. The zero-order valence-corrected chi connectivity index (χ0v) is 19.9. The summed E-state index contributed by atoms with van der Waals surface area (Å²) in [4.78, 5) is 28.2. The molecule has 33 heavy (non-hydrogen) atoms. The topological polar surface area (TPSA) is 58.6 Å². The third kappa shape index (κ3) is 4.93. The maximum absolute atomic E-state index is 13.7. The van der Waals surface area contributed by atoms with Crippen LogP contribution in [-0.2, 0) is 9.59 Å². The molecular formula is C26H24BrFN2O3. The Morgan fingerprint density at radius 2 is 1.79 bits per heavy atom. The number of anilines is 2. The largest absolute Gasteiger partial charge is 0.497 e. The molecule has 170 valence electrons. The maximum Gasteiger partial charge on any atom is 0.229 e. The lowest BCUT2D eigenvalue weighted by molar-refractivity contribution is -0.125. The van der Waals surface area contributed by atoms with Crippen LogP contribution in [-0.4, -0.2) is 18.9 Å². The predicted octanol–water partition coefficient (Wildman–Crippen LogP) is 6.03. The van der Waals surface area contributed by atoms with Crippen molar-refractivity contribution in [2.24, 2.45) is 5.92 Å². The van der Waals surface area contributed by atoms with E-state index >= 15 is 0 Å². The number of amides is 2. The molecule has 4 rings (SSSR count). The summed E-state index contributed by atoms with van der Waals surface area (Å²) in [6, 6.07) is 18.2. The number of halogens is 2. The van der Waals surface area contributed by atoms with Crippen LogP contribution < -0.4 is 15.0 Å². The fraction of sp³-hybridized carbons (Fsp3) is 0.231. The molecule has 1 N–H and O–H groups in total. The number of nitrogens with one attached hydrogen (secondary N) is 1. The minimum atomic E-state index is -0.579. The van der Waals surface area contributed by atoms with Gasteiger partial charge in [-0.05, 0) is 88.9 Å². The van der Waals surface area contributed by atoms with Gasteiger partial charge in [0.15, 0.2) is 0 Å². The van der Waals surface area contributed by atoms with Gasteiger partial charge in [-0.1, -0.05) is 18.2 Å². The van der Waals surface area contributed by atoms with E-state index in [9.17, 15) is 14.0 Å². The highest BCUT2D eigenvalue weighted by Gasteiger charge is 2.41. The third-order valence-corrected chi connectivity index (χ3v) is 6.53. The van der Waals surface area contributed by atoms with E-state index in [1.54, 1.807) is 48.4 Å². The number of rotatable bonds is 5. The Hall–Kier alpha value is -3.19. The summed E-state index contributed by atoms with van der Waals surface area (Å²) in [6.07, 6.45) is 0.625. The molecule has 1 aliphatic heterocycles. The van der Waals surface area contributed by atoms with Crippen molar-refractivity contribution in [3.05, 3.63) is 88.1 Å². The molecule has 1 saturated heterocycles. The molecule has 1 heterocycles. The molecule has 3 aromatic rings. The van der Waals surface area contributed by atoms with Gasteiger partial charge in [0, 0.05) is 16.6 Å². The van der Waals surface area contributed by atoms with Gasteiger partial charge >= 0.3 is 0 Å². The summed E-state index contributed by atoms with van der Waals surface area (Å²) in [7, 11) is 1.58. The summed E-state index contributed by atoms with van der Waals surface area (Å²) in [6.45, 7) is 1.97. The smallest absolute Gasteiger partial charge is 0.229 e. The fourth-order valence-corrected chi connectivity index (χ4v) is 4.79. The van der Waals surface area contributed by atoms with Crippen molar-refractivity contribution < 1.29 is 18.7 Å². The zero-order valence-electron chi connectivity index (χ0n) is 18.3. The highest BCUT2D eigenvalue weighted by Crippen LogP contribution is 2.41. The molecule has 0 saturated carbocycles. The Labute approximate surface area is 200 Å². The molecule has 1 aliphatic rings. The second-order valence-electron chi connectivity index (χ2n) is 8.08. The molecule has 0 bridgehead atoms. The number of aryl methyl sites for hydroxylation is 1. The minimum Gasteiger partial charge on any atom is -0.497 e. The van der Waals surface area contributed by atoms with Gasteiger partial charge in [0.05, 0.1) is 24.8 Å². The van der Waals surface area contributed by atoms with Crippen LogP contribution in [0.3, 0.4) is 0 Å². The van der Waals surface area contributed by atoms with Gasteiger partial charge in [0.1, 0.15) is 11.6 Å². The predicted molar refractivity (Wildman–Crippen MR) is 130 cm³/mol. The average molecular weight is 511 g/mol. The molecule has 2 amide bonds. The van der Waals surface area contributed by atoms with Crippen molar-refractivity contribution in [3.63, 3.8) is 0 Å². The number of benzene rings is 3. The quantitative estimate of drug-likeness (QED) is 0.455. The minimum absolute atomic E-state index is 0.0879. The Morgan fingerprint density at radius 1 is 1.09 bits per heavy atom. The summed E-state index contributed by atoms with van der Waals surface area (Å²) in [5, 5.41) is 3.01. The fourth-order valence-electron chi connectivity index (χ4n) is 4.20. The number of carbonyl (C=O) groups is 2. The zero-order chi connectivity index (χ0) is 23.5. The van der Waals surface area contributed by atoms with Crippen LogP contribution in [0, 0.1) is 18.7 Å². The molecule has 7 heteroatoms. The van der Waals surface area contributed by atoms with E-state index in [2.05, 4.69) is 21.2 Å². The highest BCUT2D eigenvalue weighted by atomic mass is 79.9. The first-order valence-electron chi connectivity index (χ1n) is 10.7. The molecule has 0 unspecified atom stereocenters. The Balaban J connectivity index is 1.73. The third-order valence-electron chi connectivity index (χ3n) is 5.88. The summed E-state index contributed by atoms with van der Waals surface area (Å²) >= 11 is 3.51. The van der Waals surface area contributed by atoms with Crippen molar-refractivity contribution >= 4 is 39.1 Å². The van der Waals surface area contributed by atoms with Gasteiger partial charge in [-0.25, -0.2) is 4.39 Å². The number of ether oxygens (including phenoxy) is 1. The number of hydrogen-bond acceptors (Lipinski definition) is 3. The van der Waals surface area contributed by atoms with Crippen molar-refractivity contribution in [2.45, 2.75) is 25.8 Å². The highest BCUT2D eigenvalue weighted by molar-refractivity contribution is 9.10. The van der Waals surface area contributed by atoms with Gasteiger partial charge in [-0.3, -0.25) is 9.59 Å². The number of carbonyl (C=O) groups excluding carboxylic acids is 2. The summed E-state index contributed by atoms with van der Waals surface area (Å²) in [5.74, 6) is -0.514. The summed E-state index contributed by atoms with van der Waals surface area (Å²) < 4.78 is 19.7. The number of piperidine rings is 1. The van der Waals surface area contributed by atoms with Crippen LogP contribution >= 0.6 is 15.9 Å². The molecule has 0 spiro atoms. The summed E-state index contributed by atoms with van der Waals surface area (Å²) in [5.41, 5.74) is 3.09. The van der Waals surface area contributed by atoms with Crippen molar-refractivity contribution in [1.82, 2.24) is 0 Å². The first-order chi connectivity index (χ1) is 15.9. The molecule has 0 radical (unpaired) electrons. The van der Waals surface area contributed by atoms with Crippen molar-refractivity contribution in [3.8, 4) is 5.75 Å². The molecule has 3 aromatic carbocycles. The molecule has 5 nitrogen and oxygen atoms in total. The van der Waals surface area contributed by atoms with E-state index in [-0.39, 0.29) is 24.1 Å². The maximum atomic E-state index is 13.7. The normalized spacial score (nSPS) is 18.2. The van der Waals surface area contributed by atoms with E-state index in [4.69, 9.17) is 4.74 Å². The molecule has 2 atom stereocenters. The van der Waals surface area contributed by atoms with E-state index in [1.165, 1.54) is 12.1 Å². The van der Waals surface area contributed by atoms with Gasteiger partial charge in [-0.2, -0.15) is 0 Å². The number of nitrogens with zero attached hydrogens (tertiary/aromatic N) is 1.